The maximum Gasteiger partial charge on any atom is 0.168 e. The molecule has 1 aliphatic rings. The van der Waals surface area contributed by atoms with Crippen LogP contribution in [-0.4, -0.2) is 21.1 Å². The van der Waals surface area contributed by atoms with Crippen LogP contribution in [-0.2, 0) is 17.8 Å². The van der Waals surface area contributed by atoms with E-state index in [1.54, 1.807) is 13.1 Å². The van der Waals surface area contributed by atoms with Crippen LogP contribution in [0.4, 0.5) is 0 Å². The summed E-state index contributed by atoms with van der Waals surface area (Å²) in [7, 11) is 0. The lowest BCUT2D eigenvalue weighted by atomic mass is 9.77. The summed E-state index contributed by atoms with van der Waals surface area (Å²) in [5, 5.41) is 1.03. The third-order valence-electron chi connectivity index (χ3n) is 7.21. The average Bonchev–Trinajstić information content (AvgIpc) is 2.99. The monoisotopic (exact) mass is 430 g/mol. The van der Waals surface area contributed by atoms with Gasteiger partial charge in [0.05, 0.1) is 0 Å². The second-order valence-electron chi connectivity index (χ2n) is 10.3. The topological polar surface area (TPSA) is 52.0 Å². The number of rotatable bonds is 8. The summed E-state index contributed by atoms with van der Waals surface area (Å²) >= 11 is 0. The van der Waals surface area contributed by atoms with Crippen LogP contribution < -0.4 is 0 Å². The Labute approximate surface area is 191 Å². The van der Waals surface area contributed by atoms with Gasteiger partial charge in [0.1, 0.15) is 5.78 Å². The minimum absolute atomic E-state index is 0.106. The van der Waals surface area contributed by atoms with Gasteiger partial charge < -0.3 is 4.57 Å². The van der Waals surface area contributed by atoms with E-state index in [-0.39, 0.29) is 17.5 Å². The number of carbonyl (C=O) groups excluding carboxylic acids is 2. The van der Waals surface area contributed by atoms with Crippen molar-refractivity contribution in [1.82, 2.24) is 9.55 Å². The van der Waals surface area contributed by atoms with Gasteiger partial charge in [0.15, 0.2) is 5.78 Å². The van der Waals surface area contributed by atoms with Crippen LogP contribution in [0.15, 0.2) is 42.7 Å². The van der Waals surface area contributed by atoms with Gasteiger partial charge in [-0.3, -0.25) is 14.6 Å². The molecule has 0 N–H and O–H groups in total. The van der Waals surface area contributed by atoms with Crippen LogP contribution in [0.25, 0.3) is 10.9 Å². The van der Waals surface area contributed by atoms with E-state index in [2.05, 4.69) is 47.7 Å². The number of hydrogen-bond donors (Lipinski definition) is 0. The van der Waals surface area contributed by atoms with E-state index in [0.29, 0.717) is 18.9 Å². The molecule has 1 aliphatic carbocycles. The van der Waals surface area contributed by atoms with Gasteiger partial charge in [-0.2, -0.15) is 0 Å². The first-order chi connectivity index (χ1) is 15.2. The number of hydrogen-bond acceptors (Lipinski definition) is 3. The lowest BCUT2D eigenvalue weighted by Crippen LogP contribution is -2.28. The Morgan fingerprint density at radius 3 is 2.50 bits per heavy atom. The van der Waals surface area contributed by atoms with Gasteiger partial charge >= 0.3 is 0 Å². The summed E-state index contributed by atoms with van der Waals surface area (Å²) in [6.07, 6.45) is 7.25. The normalized spacial score (nSPS) is 14.7. The highest BCUT2D eigenvalue weighted by Gasteiger charge is 2.35. The molecule has 4 heteroatoms. The molecule has 0 radical (unpaired) electrons. The van der Waals surface area contributed by atoms with E-state index in [0.717, 1.165) is 47.0 Å². The van der Waals surface area contributed by atoms with Crippen LogP contribution in [0.2, 0.25) is 0 Å². The fraction of sp³-hybridized carbons (Fsp3) is 0.464. The molecule has 4 nitrogen and oxygen atoms in total. The summed E-state index contributed by atoms with van der Waals surface area (Å²) in [5.41, 5.74) is 4.66. The molecule has 168 valence electrons. The molecule has 0 unspecified atom stereocenters. The maximum absolute atomic E-state index is 13.8. The van der Waals surface area contributed by atoms with Crippen LogP contribution in [0.5, 0.6) is 0 Å². The van der Waals surface area contributed by atoms with Crippen molar-refractivity contribution in [3.05, 3.63) is 65.1 Å². The molecule has 0 aliphatic heterocycles. The molecule has 1 fully saturated rings. The highest BCUT2D eigenvalue weighted by Crippen LogP contribution is 2.39. The second kappa shape index (κ2) is 8.65. The fourth-order valence-corrected chi connectivity index (χ4v) is 4.52. The van der Waals surface area contributed by atoms with Crippen molar-refractivity contribution in [2.45, 2.75) is 72.8 Å². The molecule has 2 aromatic heterocycles. The fourth-order valence-electron chi connectivity index (χ4n) is 4.52. The number of nitrogens with zero attached hydrogens (tertiary/aromatic N) is 2. The molecular weight excluding hydrogens is 396 g/mol. The van der Waals surface area contributed by atoms with Gasteiger partial charge in [0.2, 0.25) is 0 Å². The Hall–Kier alpha value is -2.75. The number of pyridine rings is 1. The number of Topliss-reactive ketones (excluding diaryl/α,β-unsaturated/α-hetero) is 2. The minimum Gasteiger partial charge on any atom is -0.339 e. The Morgan fingerprint density at radius 1 is 1.19 bits per heavy atom. The quantitative estimate of drug-likeness (QED) is 0.391. The third-order valence-corrected chi connectivity index (χ3v) is 7.21. The molecule has 0 atom stereocenters. The van der Waals surface area contributed by atoms with Crippen molar-refractivity contribution in [1.29, 1.82) is 0 Å². The summed E-state index contributed by atoms with van der Waals surface area (Å²) < 4.78 is 2.26. The molecular formula is C28H34N2O2. The first-order valence-corrected chi connectivity index (χ1v) is 11.8. The molecule has 1 aromatic carbocycles. The number of aromatic nitrogens is 2. The zero-order valence-electron chi connectivity index (χ0n) is 19.9. The van der Waals surface area contributed by atoms with Gasteiger partial charge in [-0.1, -0.05) is 46.2 Å². The van der Waals surface area contributed by atoms with Gasteiger partial charge in [0, 0.05) is 58.9 Å². The summed E-state index contributed by atoms with van der Waals surface area (Å²) in [6, 6.07) is 10.5. The van der Waals surface area contributed by atoms with E-state index >= 15 is 0 Å². The first kappa shape index (κ1) is 22.4. The van der Waals surface area contributed by atoms with Crippen LogP contribution in [0.1, 0.15) is 87.0 Å². The molecule has 3 aromatic rings. The van der Waals surface area contributed by atoms with Gasteiger partial charge in [0.25, 0.3) is 0 Å². The molecule has 0 saturated heterocycles. The van der Waals surface area contributed by atoms with E-state index in [4.69, 9.17) is 0 Å². The molecule has 0 amide bonds. The highest BCUT2D eigenvalue weighted by atomic mass is 16.1. The van der Waals surface area contributed by atoms with Crippen molar-refractivity contribution in [3.63, 3.8) is 0 Å². The number of ketones is 2. The second-order valence-corrected chi connectivity index (χ2v) is 10.3. The zero-order valence-corrected chi connectivity index (χ0v) is 19.9. The van der Waals surface area contributed by atoms with Gasteiger partial charge in [-0.05, 0) is 55.0 Å². The summed E-state index contributed by atoms with van der Waals surface area (Å²) in [6.45, 7) is 10.6. The number of carbonyl (C=O) groups is 2. The Balaban J connectivity index is 1.98. The van der Waals surface area contributed by atoms with E-state index in [1.807, 2.05) is 26.1 Å². The molecule has 1 saturated carbocycles. The Morgan fingerprint density at radius 2 is 1.94 bits per heavy atom. The predicted molar refractivity (Wildman–Crippen MR) is 129 cm³/mol. The lowest BCUT2D eigenvalue weighted by Gasteiger charge is -2.27. The first-order valence-electron chi connectivity index (χ1n) is 11.8. The van der Waals surface area contributed by atoms with Gasteiger partial charge in [-0.15, -0.1) is 0 Å². The lowest BCUT2D eigenvalue weighted by molar-refractivity contribution is -0.124. The maximum atomic E-state index is 13.8. The van der Waals surface area contributed by atoms with E-state index in [9.17, 15) is 9.59 Å². The Kier molecular flexibility index (Phi) is 6.07. The molecule has 0 bridgehead atoms. The highest BCUT2D eigenvalue weighted by molar-refractivity contribution is 6.11. The van der Waals surface area contributed by atoms with E-state index < -0.39 is 5.41 Å². The largest absolute Gasteiger partial charge is 0.339 e. The summed E-state index contributed by atoms with van der Waals surface area (Å²) in [4.78, 5) is 30.5. The summed E-state index contributed by atoms with van der Waals surface area (Å²) in [5.74, 6) is 0.876. The standard InChI is InChI=1S/C28H34N2O2/c1-18(2)22-11-12-24-23(14-22)26(27(32)21-9-6-10-21)25(15-28(4,5)19(3)31)30(24)17-20-8-7-13-29-16-20/h7-8,11-14,16,18,21H,6,9-10,15,17H2,1-5H3. The minimum atomic E-state index is -0.545. The molecule has 0 spiro atoms. The van der Waals surface area contributed by atoms with Crippen LogP contribution >= 0.6 is 0 Å². The third kappa shape index (κ3) is 4.15. The number of benzene rings is 1. The molecule has 2 heterocycles. The zero-order chi connectivity index (χ0) is 23.0. The predicted octanol–water partition coefficient (Wildman–Crippen LogP) is 6.35. The number of fused-ring (bicyclic) bond motifs is 1. The van der Waals surface area contributed by atoms with Crippen molar-refractivity contribution in [3.8, 4) is 0 Å². The van der Waals surface area contributed by atoms with E-state index in [1.165, 1.54) is 5.56 Å². The van der Waals surface area contributed by atoms with Crippen LogP contribution in [0, 0.1) is 11.3 Å². The van der Waals surface area contributed by atoms with Crippen molar-refractivity contribution < 1.29 is 9.59 Å². The van der Waals surface area contributed by atoms with Gasteiger partial charge in [-0.25, -0.2) is 0 Å². The van der Waals surface area contributed by atoms with Crippen LogP contribution in [0.3, 0.4) is 0 Å². The molecule has 4 rings (SSSR count). The smallest absolute Gasteiger partial charge is 0.168 e. The SMILES string of the molecule is CC(=O)C(C)(C)Cc1c(C(=O)C2CCC2)c2cc(C(C)C)ccc2n1Cc1cccnc1. The van der Waals surface area contributed by atoms with Crippen molar-refractivity contribution >= 4 is 22.5 Å². The molecule has 32 heavy (non-hydrogen) atoms. The van der Waals surface area contributed by atoms with Crippen molar-refractivity contribution in [2.24, 2.45) is 11.3 Å². The van der Waals surface area contributed by atoms with Crippen molar-refractivity contribution in [2.75, 3.05) is 0 Å². The Bertz CT molecular complexity index is 1150. The average molecular weight is 431 g/mol.